The van der Waals surface area contributed by atoms with Crippen LogP contribution in [0, 0.1) is 5.92 Å². The van der Waals surface area contributed by atoms with Crippen molar-refractivity contribution >= 4 is 32.0 Å². The zero-order chi connectivity index (χ0) is 23.6. The number of hydrogen-bond donors (Lipinski definition) is 0. The van der Waals surface area contributed by atoms with Gasteiger partial charge in [0, 0.05) is 6.54 Å². The van der Waals surface area contributed by atoms with Gasteiger partial charge in [-0.25, -0.2) is 21.1 Å². The molecule has 2 heterocycles. The fraction of sp³-hybridized carbons (Fsp3) is 0.375. The molecule has 0 unspecified atom stereocenters. The van der Waals surface area contributed by atoms with Gasteiger partial charge < -0.3 is 0 Å². The third kappa shape index (κ3) is 4.76. The average molecular weight is 489 g/mol. The van der Waals surface area contributed by atoms with Gasteiger partial charge in [0.05, 0.1) is 29.2 Å². The Morgan fingerprint density at radius 3 is 2.24 bits per heavy atom. The van der Waals surface area contributed by atoms with E-state index < -0.39 is 44.0 Å². The molecule has 2 aliphatic rings. The Bertz CT molecular complexity index is 1230. The minimum absolute atomic E-state index is 0.176. The molecule has 0 N–H and O–H groups in total. The SMILES string of the molecule is CCC[C@H]1C(=O)N(S(=O)(=O)/C=C/c2ccccc2)[C@H]2CCN(S(=O)(=O)Cc3ccccc3)[C@H]12. The summed E-state index contributed by atoms with van der Waals surface area (Å²) in [6.07, 6.45) is 2.85. The lowest BCUT2D eigenvalue weighted by Gasteiger charge is -2.26. The fourth-order valence-electron chi connectivity index (χ4n) is 4.87. The molecule has 0 saturated carbocycles. The molecule has 0 spiro atoms. The Morgan fingerprint density at radius 2 is 1.61 bits per heavy atom. The van der Waals surface area contributed by atoms with Gasteiger partial charge in [-0.1, -0.05) is 74.0 Å². The molecule has 1 amide bonds. The predicted octanol–water partition coefficient (Wildman–Crippen LogP) is 3.22. The number of sulfonamides is 2. The minimum Gasteiger partial charge on any atom is -0.273 e. The van der Waals surface area contributed by atoms with Gasteiger partial charge in [0.25, 0.3) is 10.0 Å². The number of carbonyl (C=O) groups excluding carboxylic acids is 1. The van der Waals surface area contributed by atoms with Crippen LogP contribution < -0.4 is 0 Å². The molecule has 2 aromatic carbocycles. The number of carbonyl (C=O) groups is 1. The molecule has 176 valence electrons. The van der Waals surface area contributed by atoms with E-state index in [1.807, 2.05) is 19.1 Å². The highest BCUT2D eigenvalue weighted by molar-refractivity contribution is 7.92. The molecule has 3 atom stereocenters. The molecule has 0 aliphatic carbocycles. The summed E-state index contributed by atoms with van der Waals surface area (Å²) in [5.41, 5.74) is 1.36. The van der Waals surface area contributed by atoms with Crippen LogP contribution in [0.25, 0.3) is 6.08 Å². The summed E-state index contributed by atoms with van der Waals surface area (Å²) in [5.74, 6) is -1.36. The van der Waals surface area contributed by atoms with Gasteiger partial charge in [-0.3, -0.25) is 4.79 Å². The topological polar surface area (TPSA) is 91.8 Å². The smallest absolute Gasteiger partial charge is 0.259 e. The van der Waals surface area contributed by atoms with Crippen molar-refractivity contribution in [2.24, 2.45) is 5.92 Å². The normalized spacial score (nSPS) is 24.0. The number of nitrogens with zero attached hydrogens (tertiary/aromatic N) is 2. The molecule has 7 nitrogen and oxygen atoms in total. The molecule has 2 aliphatic heterocycles. The number of amides is 1. The van der Waals surface area contributed by atoms with Crippen molar-refractivity contribution in [3.8, 4) is 0 Å². The molecule has 0 bridgehead atoms. The summed E-state index contributed by atoms with van der Waals surface area (Å²) in [5, 5.41) is 1.05. The van der Waals surface area contributed by atoms with Crippen LogP contribution in [0.2, 0.25) is 0 Å². The van der Waals surface area contributed by atoms with Gasteiger partial charge >= 0.3 is 0 Å². The number of rotatable bonds is 8. The molecule has 33 heavy (non-hydrogen) atoms. The molecular formula is C24H28N2O5S2. The van der Waals surface area contributed by atoms with Crippen molar-refractivity contribution in [2.75, 3.05) is 6.54 Å². The van der Waals surface area contributed by atoms with Crippen molar-refractivity contribution in [3.63, 3.8) is 0 Å². The largest absolute Gasteiger partial charge is 0.273 e. The lowest BCUT2D eigenvalue weighted by Crippen LogP contribution is -2.43. The summed E-state index contributed by atoms with van der Waals surface area (Å²) >= 11 is 0. The van der Waals surface area contributed by atoms with E-state index in [0.717, 1.165) is 9.71 Å². The lowest BCUT2D eigenvalue weighted by molar-refractivity contribution is -0.128. The van der Waals surface area contributed by atoms with E-state index in [9.17, 15) is 21.6 Å². The first kappa shape index (κ1) is 23.7. The molecule has 2 aromatic rings. The highest BCUT2D eigenvalue weighted by Crippen LogP contribution is 2.42. The van der Waals surface area contributed by atoms with Crippen molar-refractivity contribution in [3.05, 3.63) is 77.2 Å². The van der Waals surface area contributed by atoms with E-state index in [0.29, 0.717) is 30.4 Å². The molecule has 0 radical (unpaired) electrons. The maximum atomic E-state index is 13.3. The van der Waals surface area contributed by atoms with E-state index in [4.69, 9.17) is 0 Å². The highest BCUT2D eigenvalue weighted by Gasteiger charge is 2.58. The zero-order valence-electron chi connectivity index (χ0n) is 18.4. The molecule has 2 saturated heterocycles. The van der Waals surface area contributed by atoms with Crippen LogP contribution in [0.3, 0.4) is 0 Å². The Balaban J connectivity index is 1.64. The van der Waals surface area contributed by atoms with Crippen LogP contribution in [-0.2, 0) is 30.6 Å². The lowest BCUT2D eigenvalue weighted by atomic mass is 9.95. The van der Waals surface area contributed by atoms with Crippen LogP contribution in [0.5, 0.6) is 0 Å². The number of benzene rings is 2. The number of fused-ring (bicyclic) bond motifs is 1. The van der Waals surface area contributed by atoms with Gasteiger partial charge in [0.2, 0.25) is 15.9 Å². The zero-order valence-corrected chi connectivity index (χ0v) is 20.1. The molecule has 4 rings (SSSR count). The first-order valence-electron chi connectivity index (χ1n) is 11.1. The van der Waals surface area contributed by atoms with Crippen LogP contribution in [0.1, 0.15) is 37.3 Å². The van der Waals surface area contributed by atoms with E-state index in [1.165, 1.54) is 10.4 Å². The van der Waals surface area contributed by atoms with Crippen molar-refractivity contribution < 1.29 is 21.6 Å². The van der Waals surface area contributed by atoms with Crippen molar-refractivity contribution in [1.82, 2.24) is 8.61 Å². The van der Waals surface area contributed by atoms with E-state index in [2.05, 4.69) is 0 Å². The van der Waals surface area contributed by atoms with Gasteiger partial charge in [0.1, 0.15) is 0 Å². The van der Waals surface area contributed by atoms with Gasteiger partial charge in [-0.05, 0) is 30.0 Å². The second-order valence-corrected chi connectivity index (χ2v) is 12.1. The second kappa shape index (κ2) is 9.40. The Labute approximate surface area is 195 Å². The van der Waals surface area contributed by atoms with Crippen molar-refractivity contribution in [2.45, 2.75) is 44.0 Å². The Morgan fingerprint density at radius 1 is 0.970 bits per heavy atom. The number of hydrogen-bond acceptors (Lipinski definition) is 5. The highest BCUT2D eigenvalue weighted by atomic mass is 32.2. The molecule has 2 fully saturated rings. The van der Waals surface area contributed by atoms with Crippen LogP contribution in [-0.4, -0.2) is 50.0 Å². The quantitative estimate of drug-likeness (QED) is 0.569. The third-order valence-electron chi connectivity index (χ3n) is 6.27. The fourth-order valence-corrected chi connectivity index (χ4v) is 8.15. The van der Waals surface area contributed by atoms with Crippen LogP contribution in [0.15, 0.2) is 66.1 Å². The first-order valence-corrected chi connectivity index (χ1v) is 14.2. The predicted molar refractivity (Wildman–Crippen MR) is 128 cm³/mol. The van der Waals surface area contributed by atoms with Gasteiger partial charge in [-0.2, -0.15) is 4.31 Å². The van der Waals surface area contributed by atoms with Crippen molar-refractivity contribution in [1.29, 1.82) is 0 Å². The summed E-state index contributed by atoms with van der Waals surface area (Å²) < 4.78 is 55.3. The molecule has 9 heteroatoms. The Hall–Kier alpha value is -2.49. The Kier molecular flexibility index (Phi) is 6.74. The summed E-state index contributed by atoms with van der Waals surface area (Å²) in [6.45, 7) is 2.11. The average Bonchev–Trinajstić information content (AvgIpc) is 3.33. The molecule has 0 aromatic heterocycles. The van der Waals surface area contributed by atoms with Gasteiger partial charge in [0.15, 0.2) is 0 Å². The minimum atomic E-state index is -4.06. The van der Waals surface area contributed by atoms with Crippen LogP contribution >= 0.6 is 0 Å². The summed E-state index contributed by atoms with van der Waals surface area (Å²) in [6, 6.07) is 16.5. The summed E-state index contributed by atoms with van der Waals surface area (Å²) in [4.78, 5) is 13.3. The second-order valence-electron chi connectivity index (χ2n) is 8.49. The van der Waals surface area contributed by atoms with E-state index in [1.54, 1.807) is 48.5 Å². The van der Waals surface area contributed by atoms with E-state index in [-0.39, 0.29) is 12.3 Å². The third-order valence-corrected chi connectivity index (χ3v) is 9.59. The van der Waals surface area contributed by atoms with Crippen LogP contribution in [0.4, 0.5) is 0 Å². The van der Waals surface area contributed by atoms with Gasteiger partial charge in [-0.15, -0.1) is 0 Å². The monoisotopic (exact) mass is 488 g/mol. The maximum absolute atomic E-state index is 13.3. The molecular weight excluding hydrogens is 460 g/mol. The van der Waals surface area contributed by atoms with E-state index >= 15 is 0 Å². The standard InChI is InChI=1S/C24H28N2O5S2/c1-2-9-21-23-22(14-16-25(23)33(30,31)18-20-12-7-4-8-13-20)26(24(21)27)32(28,29)17-15-19-10-5-3-6-11-19/h3-8,10-13,15,17,21-23H,2,9,14,16,18H2,1H3/b17-15+/t21-,22+,23-/m1/s1. The first-order chi connectivity index (χ1) is 15.7. The summed E-state index contributed by atoms with van der Waals surface area (Å²) in [7, 11) is -7.78. The maximum Gasteiger partial charge on any atom is 0.259 e.